The number of carbonyl (C=O) groups is 1. The molecule has 1 N–H and O–H groups in total. The lowest BCUT2D eigenvalue weighted by atomic mass is 9.98. The maximum atomic E-state index is 12.0. The number of nitrogens with zero attached hydrogens (tertiary/aromatic N) is 1. The van der Waals surface area contributed by atoms with Gasteiger partial charge in [0.25, 0.3) is 0 Å². The van der Waals surface area contributed by atoms with Crippen molar-refractivity contribution in [1.82, 2.24) is 9.88 Å². The predicted octanol–water partition coefficient (Wildman–Crippen LogP) is 4.09. The Kier molecular flexibility index (Phi) is 3.77. The molecule has 0 radical (unpaired) electrons. The van der Waals surface area contributed by atoms with Crippen molar-refractivity contribution in [3.8, 4) is 0 Å². The zero-order chi connectivity index (χ0) is 15.0. The van der Waals surface area contributed by atoms with E-state index in [2.05, 4.69) is 17.1 Å². The van der Waals surface area contributed by atoms with Gasteiger partial charge < -0.3 is 9.88 Å². The van der Waals surface area contributed by atoms with Crippen LogP contribution in [0.4, 0.5) is 0 Å². The van der Waals surface area contributed by atoms with Crippen LogP contribution < -0.4 is 0 Å². The van der Waals surface area contributed by atoms with Gasteiger partial charge in [0.05, 0.1) is 10.5 Å². The summed E-state index contributed by atoms with van der Waals surface area (Å²) in [4.78, 5) is 17.2. The number of benzene rings is 1. The predicted molar refractivity (Wildman–Crippen MR) is 87.3 cm³/mol. The van der Waals surface area contributed by atoms with Gasteiger partial charge in [-0.3, -0.25) is 4.79 Å². The number of aromatic nitrogens is 1. The largest absolute Gasteiger partial charge is 0.359 e. The van der Waals surface area contributed by atoms with Crippen molar-refractivity contribution in [2.75, 3.05) is 13.1 Å². The zero-order valence-corrected chi connectivity index (χ0v) is 13.1. The monoisotopic (exact) mass is 302 g/mol. The summed E-state index contributed by atoms with van der Waals surface area (Å²) in [6.07, 6.45) is 5.06. The normalized spacial score (nSPS) is 15.6. The highest BCUT2D eigenvalue weighted by Crippen LogP contribution is 2.32. The van der Waals surface area contributed by atoms with Gasteiger partial charge in [0, 0.05) is 36.2 Å². The molecule has 110 valence electrons. The number of hydrogen-bond donors (Lipinski definition) is 1. The van der Waals surface area contributed by atoms with Gasteiger partial charge in [0.15, 0.2) is 0 Å². The minimum atomic E-state index is 0.0619. The standard InChI is InChI=1S/C17H19ClN2O/c1-11(2)17(21)20-8-6-12(7-9-20)14-10-19-16-13(14)4-3-5-15(16)18/h3-6,10-11,19H,7-9H2,1-2H3. The maximum Gasteiger partial charge on any atom is 0.225 e. The molecule has 3 nitrogen and oxygen atoms in total. The topological polar surface area (TPSA) is 36.1 Å². The maximum absolute atomic E-state index is 12.0. The molecule has 1 aromatic carbocycles. The molecule has 21 heavy (non-hydrogen) atoms. The van der Waals surface area contributed by atoms with Gasteiger partial charge in [0.2, 0.25) is 5.91 Å². The first-order valence-corrected chi connectivity index (χ1v) is 7.69. The van der Waals surface area contributed by atoms with E-state index < -0.39 is 0 Å². The molecule has 0 bridgehead atoms. The van der Waals surface area contributed by atoms with Crippen LogP contribution in [0.2, 0.25) is 5.02 Å². The van der Waals surface area contributed by atoms with Gasteiger partial charge in [-0.2, -0.15) is 0 Å². The molecule has 1 aliphatic heterocycles. The summed E-state index contributed by atoms with van der Waals surface area (Å²) in [5.74, 6) is 0.291. The van der Waals surface area contributed by atoms with Gasteiger partial charge in [-0.1, -0.05) is 43.7 Å². The summed E-state index contributed by atoms with van der Waals surface area (Å²) < 4.78 is 0. The minimum Gasteiger partial charge on any atom is -0.359 e. The van der Waals surface area contributed by atoms with Gasteiger partial charge in [-0.15, -0.1) is 0 Å². The molecule has 2 aromatic rings. The van der Waals surface area contributed by atoms with Crippen LogP contribution in [0.5, 0.6) is 0 Å². The van der Waals surface area contributed by atoms with Gasteiger partial charge in [-0.25, -0.2) is 0 Å². The molecule has 4 heteroatoms. The Hall–Kier alpha value is -1.74. The average Bonchev–Trinajstić information content (AvgIpc) is 2.92. The summed E-state index contributed by atoms with van der Waals surface area (Å²) in [7, 11) is 0. The van der Waals surface area contributed by atoms with Gasteiger partial charge in [0.1, 0.15) is 0 Å². The number of fused-ring (bicyclic) bond motifs is 1. The highest BCUT2D eigenvalue weighted by molar-refractivity contribution is 6.35. The molecule has 0 saturated carbocycles. The van der Waals surface area contributed by atoms with Crippen LogP contribution in [-0.2, 0) is 4.79 Å². The van der Waals surface area contributed by atoms with E-state index in [4.69, 9.17) is 11.6 Å². The second-order valence-corrected chi connectivity index (χ2v) is 6.19. The van der Waals surface area contributed by atoms with Crippen molar-refractivity contribution in [3.63, 3.8) is 0 Å². The summed E-state index contributed by atoms with van der Waals surface area (Å²) in [6, 6.07) is 5.95. The molecule has 1 aromatic heterocycles. The first-order valence-electron chi connectivity index (χ1n) is 7.31. The van der Waals surface area contributed by atoms with Crippen molar-refractivity contribution < 1.29 is 4.79 Å². The van der Waals surface area contributed by atoms with Crippen LogP contribution in [0.15, 0.2) is 30.5 Å². The van der Waals surface area contributed by atoms with E-state index >= 15 is 0 Å². The van der Waals surface area contributed by atoms with Crippen LogP contribution >= 0.6 is 11.6 Å². The number of halogens is 1. The number of amides is 1. The third-order valence-corrected chi connectivity index (χ3v) is 4.34. The average molecular weight is 303 g/mol. The summed E-state index contributed by atoms with van der Waals surface area (Å²) in [6.45, 7) is 5.38. The summed E-state index contributed by atoms with van der Waals surface area (Å²) in [5.41, 5.74) is 3.47. The lowest BCUT2D eigenvalue weighted by Gasteiger charge is -2.28. The van der Waals surface area contributed by atoms with Crippen molar-refractivity contribution in [2.45, 2.75) is 20.3 Å². The van der Waals surface area contributed by atoms with E-state index in [1.807, 2.05) is 37.1 Å². The zero-order valence-electron chi connectivity index (χ0n) is 12.3. The molecule has 0 spiro atoms. The first kappa shape index (κ1) is 14.2. The van der Waals surface area contributed by atoms with Crippen molar-refractivity contribution >= 4 is 34.0 Å². The van der Waals surface area contributed by atoms with Gasteiger partial charge in [-0.05, 0) is 18.1 Å². The van der Waals surface area contributed by atoms with E-state index in [0.29, 0.717) is 6.54 Å². The lowest BCUT2D eigenvalue weighted by Crippen LogP contribution is -2.37. The van der Waals surface area contributed by atoms with Crippen LogP contribution in [0.1, 0.15) is 25.8 Å². The lowest BCUT2D eigenvalue weighted by molar-refractivity contribution is -0.134. The van der Waals surface area contributed by atoms with Crippen LogP contribution in [0.3, 0.4) is 0 Å². The SMILES string of the molecule is CC(C)C(=O)N1CC=C(c2c[nH]c3c(Cl)cccc23)CC1. The Morgan fingerprint density at radius 1 is 1.38 bits per heavy atom. The molecule has 0 fully saturated rings. The van der Waals surface area contributed by atoms with Crippen LogP contribution in [0, 0.1) is 5.92 Å². The van der Waals surface area contributed by atoms with Crippen molar-refractivity contribution in [1.29, 1.82) is 0 Å². The minimum absolute atomic E-state index is 0.0619. The third kappa shape index (κ3) is 2.58. The molecule has 1 aliphatic rings. The number of para-hydroxylation sites is 1. The fourth-order valence-corrected chi connectivity index (χ4v) is 3.09. The second-order valence-electron chi connectivity index (χ2n) is 5.78. The molecule has 3 rings (SSSR count). The molecule has 2 heterocycles. The van der Waals surface area contributed by atoms with Crippen LogP contribution in [0.25, 0.3) is 16.5 Å². The Bertz CT molecular complexity index is 715. The Morgan fingerprint density at radius 2 is 2.19 bits per heavy atom. The number of hydrogen-bond acceptors (Lipinski definition) is 1. The van der Waals surface area contributed by atoms with Crippen LogP contribution in [-0.4, -0.2) is 28.9 Å². The molecule has 0 aliphatic carbocycles. The fraction of sp³-hybridized carbons (Fsp3) is 0.353. The quantitative estimate of drug-likeness (QED) is 0.891. The molecule has 1 amide bonds. The number of carbonyl (C=O) groups excluding carboxylic acids is 1. The number of nitrogens with one attached hydrogen (secondary N) is 1. The molecule has 0 saturated heterocycles. The Morgan fingerprint density at radius 3 is 2.86 bits per heavy atom. The van der Waals surface area contributed by atoms with E-state index in [-0.39, 0.29) is 11.8 Å². The van der Waals surface area contributed by atoms with E-state index in [0.717, 1.165) is 28.9 Å². The highest BCUT2D eigenvalue weighted by atomic mass is 35.5. The first-order chi connectivity index (χ1) is 10.1. The molecular weight excluding hydrogens is 284 g/mol. The fourth-order valence-electron chi connectivity index (χ4n) is 2.86. The van der Waals surface area contributed by atoms with Gasteiger partial charge >= 0.3 is 0 Å². The van der Waals surface area contributed by atoms with E-state index in [1.165, 1.54) is 11.1 Å². The Balaban J connectivity index is 1.88. The molecule has 0 atom stereocenters. The third-order valence-electron chi connectivity index (χ3n) is 4.03. The Labute approximate surface area is 129 Å². The van der Waals surface area contributed by atoms with Crippen molar-refractivity contribution in [3.05, 3.63) is 41.1 Å². The number of aromatic amines is 1. The summed E-state index contributed by atoms with van der Waals surface area (Å²) >= 11 is 6.21. The smallest absolute Gasteiger partial charge is 0.225 e. The van der Waals surface area contributed by atoms with Crippen molar-refractivity contribution in [2.24, 2.45) is 5.92 Å². The highest BCUT2D eigenvalue weighted by Gasteiger charge is 2.21. The summed E-state index contributed by atoms with van der Waals surface area (Å²) in [5, 5.41) is 1.89. The van der Waals surface area contributed by atoms with E-state index in [1.54, 1.807) is 0 Å². The number of rotatable bonds is 2. The number of H-pyrrole nitrogens is 1. The second kappa shape index (κ2) is 5.57. The molecular formula is C17H19ClN2O. The van der Waals surface area contributed by atoms with E-state index in [9.17, 15) is 4.79 Å². The molecule has 0 unspecified atom stereocenters.